The van der Waals surface area contributed by atoms with Gasteiger partial charge in [-0.05, 0) is 53.1 Å². The third-order valence-electron chi connectivity index (χ3n) is 4.83. The minimum Gasteiger partial charge on any atom is -0.166 e. The summed E-state index contributed by atoms with van der Waals surface area (Å²) in [6.45, 7) is 0. The quantitative estimate of drug-likeness (QED) is 0.200. The molecule has 0 saturated carbocycles. The maximum Gasteiger partial charge on any atom is 0.416 e. The summed E-state index contributed by atoms with van der Waals surface area (Å²) < 4.78 is 116. The summed E-state index contributed by atoms with van der Waals surface area (Å²) in [5.74, 6) is 0. The summed E-state index contributed by atoms with van der Waals surface area (Å²) in [6.07, 6.45) is -13.9. The van der Waals surface area contributed by atoms with Crippen LogP contribution in [0.25, 0.3) is 0 Å². The molecule has 3 rings (SSSR count). The molecule has 0 unspecified atom stereocenters. The molecule has 0 N–H and O–H groups in total. The Balaban J connectivity index is 2.17. The first-order valence-electron chi connectivity index (χ1n) is 8.85. The first-order chi connectivity index (χ1) is 14.6. The lowest BCUT2D eigenvalue weighted by molar-refractivity contribution is -0.138. The van der Waals surface area contributed by atoms with Gasteiger partial charge in [0.05, 0.1) is 16.7 Å². The second kappa shape index (κ2) is 8.03. The fourth-order valence-corrected chi connectivity index (χ4v) is 3.54. The third-order valence-corrected chi connectivity index (χ3v) is 5.48. The Bertz CT molecular complexity index is 920. The van der Waals surface area contributed by atoms with Crippen LogP contribution < -0.4 is 0 Å². The molecule has 0 saturated heterocycles. The highest BCUT2D eigenvalue weighted by molar-refractivity contribution is 6.28. The van der Waals surface area contributed by atoms with Gasteiger partial charge in [-0.15, -0.1) is 11.6 Å². The van der Waals surface area contributed by atoms with Crippen molar-refractivity contribution in [2.45, 2.75) is 23.4 Å². The Morgan fingerprint density at radius 2 is 0.500 bits per heavy atom. The van der Waals surface area contributed by atoms with E-state index in [0.717, 1.165) is 72.8 Å². The Hall–Kier alpha value is -2.68. The molecule has 0 aliphatic rings. The summed E-state index contributed by atoms with van der Waals surface area (Å²) in [4.78, 5) is -1.85. The third kappa shape index (κ3) is 4.72. The van der Waals surface area contributed by atoms with E-state index in [2.05, 4.69) is 0 Å². The second-order valence-electron chi connectivity index (χ2n) is 6.88. The molecular weight excluding hydrogens is 471 g/mol. The van der Waals surface area contributed by atoms with Crippen LogP contribution in [0.3, 0.4) is 0 Å². The van der Waals surface area contributed by atoms with Crippen LogP contribution in [0.5, 0.6) is 0 Å². The number of hydrogen-bond acceptors (Lipinski definition) is 0. The van der Waals surface area contributed by atoms with E-state index in [4.69, 9.17) is 11.6 Å². The minimum absolute atomic E-state index is 0.0340. The van der Waals surface area contributed by atoms with Crippen LogP contribution in [-0.4, -0.2) is 0 Å². The van der Waals surface area contributed by atoms with E-state index >= 15 is 0 Å². The van der Waals surface area contributed by atoms with E-state index < -0.39 is 40.1 Å². The van der Waals surface area contributed by atoms with Crippen molar-refractivity contribution in [2.24, 2.45) is 0 Å². The van der Waals surface area contributed by atoms with E-state index in [1.165, 1.54) is 0 Å². The van der Waals surface area contributed by atoms with Gasteiger partial charge < -0.3 is 0 Å². The SMILES string of the molecule is FC(F)(F)c1ccc(C(Cl)(c2ccc(C(F)(F)F)cc2)c2ccc(C(F)(F)F)cc2)cc1. The van der Waals surface area contributed by atoms with Crippen LogP contribution in [0.15, 0.2) is 72.8 Å². The van der Waals surface area contributed by atoms with Gasteiger partial charge in [0.1, 0.15) is 4.87 Å². The topological polar surface area (TPSA) is 0 Å². The molecule has 0 fully saturated rings. The molecule has 0 aliphatic carbocycles. The van der Waals surface area contributed by atoms with E-state index in [0.29, 0.717) is 0 Å². The number of alkyl halides is 10. The average Bonchev–Trinajstić information content (AvgIpc) is 2.71. The largest absolute Gasteiger partial charge is 0.416 e. The molecule has 0 heterocycles. The zero-order valence-electron chi connectivity index (χ0n) is 15.7. The standard InChI is InChI=1S/C22H12ClF9/c23-19(13-1-7-16(8-2-13)20(24,25)26,14-3-9-17(10-4-14)21(27,28)29)15-5-11-18(12-6-15)22(30,31)32/h1-12H. The zero-order chi connectivity index (χ0) is 23.9. The minimum atomic E-state index is -4.64. The summed E-state index contributed by atoms with van der Waals surface area (Å²) >= 11 is 6.77. The lowest BCUT2D eigenvalue weighted by Gasteiger charge is -2.30. The van der Waals surface area contributed by atoms with Crippen LogP contribution in [0.2, 0.25) is 0 Å². The molecule has 3 aromatic rings. The molecule has 0 atom stereocenters. The smallest absolute Gasteiger partial charge is 0.166 e. The van der Waals surface area contributed by atoms with Gasteiger partial charge in [0.2, 0.25) is 0 Å². The number of hydrogen-bond donors (Lipinski definition) is 0. The molecule has 0 radical (unpaired) electrons. The average molecular weight is 483 g/mol. The summed E-state index contributed by atoms with van der Waals surface area (Å²) in [7, 11) is 0. The van der Waals surface area contributed by atoms with Gasteiger partial charge in [0.15, 0.2) is 0 Å². The Morgan fingerprint density at radius 3 is 0.656 bits per heavy atom. The second-order valence-corrected chi connectivity index (χ2v) is 7.45. The number of benzene rings is 3. The van der Waals surface area contributed by atoms with Crippen molar-refractivity contribution in [3.8, 4) is 0 Å². The fraction of sp³-hybridized carbons (Fsp3) is 0.182. The lowest BCUT2D eigenvalue weighted by atomic mass is 9.83. The molecule has 0 spiro atoms. The van der Waals surface area contributed by atoms with Crippen molar-refractivity contribution in [1.82, 2.24) is 0 Å². The molecule has 0 aromatic heterocycles. The van der Waals surface area contributed by atoms with Gasteiger partial charge in [-0.25, -0.2) is 0 Å². The predicted molar refractivity (Wildman–Crippen MR) is 100 cm³/mol. The van der Waals surface area contributed by atoms with Crippen LogP contribution >= 0.6 is 11.6 Å². The monoisotopic (exact) mass is 482 g/mol. The van der Waals surface area contributed by atoms with Gasteiger partial charge in [0.25, 0.3) is 0 Å². The highest BCUT2D eigenvalue weighted by atomic mass is 35.5. The van der Waals surface area contributed by atoms with Crippen molar-refractivity contribution in [2.75, 3.05) is 0 Å². The van der Waals surface area contributed by atoms with E-state index in [1.807, 2.05) is 0 Å². The van der Waals surface area contributed by atoms with Crippen molar-refractivity contribution < 1.29 is 39.5 Å². The van der Waals surface area contributed by atoms with Crippen molar-refractivity contribution in [3.05, 3.63) is 106 Å². The molecule has 0 bridgehead atoms. The van der Waals surface area contributed by atoms with Gasteiger partial charge in [-0.2, -0.15) is 39.5 Å². The molecular formula is C22H12ClF9. The molecule has 0 aliphatic heterocycles. The molecule has 170 valence electrons. The summed E-state index contributed by atoms with van der Waals surface area (Å²) in [5.41, 5.74) is -2.86. The molecule has 3 aromatic carbocycles. The first-order valence-corrected chi connectivity index (χ1v) is 9.23. The Kier molecular flexibility index (Phi) is 6.01. The van der Waals surface area contributed by atoms with Crippen molar-refractivity contribution >= 4 is 11.6 Å². The number of rotatable bonds is 3. The predicted octanol–water partition coefficient (Wildman–Crippen LogP) is 8.27. The Morgan fingerprint density at radius 1 is 0.344 bits per heavy atom. The zero-order valence-corrected chi connectivity index (χ0v) is 16.5. The van der Waals surface area contributed by atoms with E-state index in [9.17, 15) is 39.5 Å². The summed E-state index contributed by atoms with van der Waals surface area (Å²) in [5, 5.41) is 0. The van der Waals surface area contributed by atoms with Crippen molar-refractivity contribution in [1.29, 1.82) is 0 Å². The maximum atomic E-state index is 12.9. The molecule has 32 heavy (non-hydrogen) atoms. The fourth-order valence-electron chi connectivity index (χ4n) is 3.17. The molecule has 10 heteroatoms. The highest BCUT2D eigenvalue weighted by Gasteiger charge is 2.38. The highest BCUT2D eigenvalue weighted by Crippen LogP contribution is 2.45. The van der Waals surface area contributed by atoms with Crippen molar-refractivity contribution in [3.63, 3.8) is 0 Å². The molecule has 0 amide bonds. The van der Waals surface area contributed by atoms with Crippen LogP contribution in [0.1, 0.15) is 33.4 Å². The van der Waals surface area contributed by atoms with Gasteiger partial charge >= 0.3 is 18.5 Å². The lowest BCUT2D eigenvalue weighted by Crippen LogP contribution is -2.23. The van der Waals surface area contributed by atoms with Gasteiger partial charge in [0, 0.05) is 0 Å². The Labute approximate surface area is 181 Å². The number of halogens is 10. The first kappa shape index (κ1) is 24.0. The van der Waals surface area contributed by atoms with Crippen LogP contribution in [-0.2, 0) is 23.4 Å². The van der Waals surface area contributed by atoms with Gasteiger partial charge in [-0.3, -0.25) is 0 Å². The van der Waals surface area contributed by atoms with Gasteiger partial charge in [-0.1, -0.05) is 36.4 Å². The maximum absolute atomic E-state index is 12.9. The molecule has 0 nitrogen and oxygen atoms in total. The van der Waals surface area contributed by atoms with Crippen LogP contribution in [0.4, 0.5) is 39.5 Å². The summed E-state index contributed by atoms with van der Waals surface area (Å²) in [6, 6.07) is 10.6. The normalized spacial score (nSPS) is 13.3. The van der Waals surface area contributed by atoms with E-state index in [1.54, 1.807) is 0 Å². The van der Waals surface area contributed by atoms with E-state index in [-0.39, 0.29) is 16.7 Å². The van der Waals surface area contributed by atoms with Crippen LogP contribution in [0, 0.1) is 0 Å².